The van der Waals surface area contributed by atoms with Crippen LogP contribution >= 0.6 is 0 Å². The van der Waals surface area contributed by atoms with Crippen molar-refractivity contribution in [3.63, 3.8) is 0 Å². The molecule has 0 spiro atoms. The van der Waals surface area contributed by atoms with Crippen molar-refractivity contribution in [3.8, 4) is 5.75 Å². The van der Waals surface area contributed by atoms with Gasteiger partial charge in [-0.2, -0.15) is 4.31 Å². The lowest BCUT2D eigenvalue weighted by molar-refractivity contribution is -0.131. The predicted octanol–water partition coefficient (Wildman–Crippen LogP) is 1.13. The molecule has 2 N–H and O–H groups in total. The summed E-state index contributed by atoms with van der Waals surface area (Å²) in [4.78, 5) is 24.6. The highest BCUT2D eigenvalue weighted by Gasteiger charge is 2.33. The number of carbonyl (C=O) groups is 2. The third-order valence-electron chi connectivity index (χ3n) is 4.70. The van der Waals surface area contributed by atoms with E-state index in [1.54, 1.807) is 19.1 Å². The number of nitrogens with zero attached hydrogens (tertiary/aromatic N) is 1. The van der Waals surface area contributed by atoms with Gasteiger partial charge in [0.1, 0.15) is 11.8 Å². The van der Waals surface area contributed by atoms with Crippen LogP contribution in [0.1, 0.15) is 33.6 Å². The van der Waals surface area contributed by atoms with Crippen molar-refractivity contribution in [2.24, 2.45) is 5.92 Å². The van der Waals surface area contributed by atoms with Crippen LogP contribution in [0.2, 0.25) is 0 Å². The number of benzene rings is 1. The van der Waals surface area contributed by atoms with Crippen LogP contribution in [0.3, 0.4) is 0 Å². The van der Waals surface area contributed by atoms with Crippen molar-refractivity contribution >= 4 is 21.8 Å². The molecule has 0 saturated carbocycles. The summed E-state index contributed by atoms with van der Waals surface area (Å²) < 4.78 is 32.0. The third-order valence-corrected chi connectivity index (χ3v) is 6.62. The number of rotatable bonds is 7. The maximum Gasteiger partial charge on any atom is 0.243 e. The first-order valence-electron chi connectivity index (χ1n) is 9.40. The van der Waals surface area contributed by atoms with Gasteiger partial charge in [-0.05, 0) is 57.9 Å². The molecule has 0 bridgehead atoms. The number of nitrogens with one attached hydrogen (secondary N) is 2. The fraction of sp³-hybridized carbons (Fsp3) is 0.579. The Morgan fingerprint density at radius 3 is 2.14 bits per heavy atom. The molecule has 0 unspecified atom stereocenters. The average Bonchev–Trinajstić information content (AvgIpc) is 2.67. The molecular formula is C19H29N3O5S. The van der Waals surface area contributed by atoms with Crippen LogP contribution in [0.25, 0.3) is 0 Å². The molecule has 9 heteroatoms. The third kappa shape index (κ3) is 5.45. The lowest BCUT2D eigenvalue weighted by Gasteiger charge is -2.31. The molecule has 2 amide bonds. The lowest BCUT2D eigenvalue weighted by Crippen LogP contribution is -2.50. The van der Waals surface area contributed by atoms with E-state index < -0.39 is 16.1 Å². The Bertz CT molecular complexity index is 784. The van der Waals surface area contributed by atoms with Crippen LogP contribution in [0.15, 0.2) is 29.2 Å². The van der Waals surface area contributed by atoms with Gasteiger partial charge in [0.2, 0.25) is 21.8 Å². The largest absolute Gasteiger partial charge is 0.497 e. The van der Waals surface area contributed by atoms with Crippen molar-refractivity contribution in [2.75, 3.05) is 20.2 Å². The second kappa shape index (κ2) is 9.38. The van der Waals surface area contributed by atoms with E-state index >= 15 is 0 Å². The van der Waals surface area contributed by atoms with Gasteiger partial charge in [-0.25, -0.2) is 8.42 Å². The second-order valence-electron chi connectivity index (χ2n) is 7.25. The number of ether oxygens (including phenoxy) is 1. The number of hydrogen-bond acceptors (Lipinski definition) is 5. The Morgan fingerprint density at radius 1 is 1.07 bits per heavy atom. The van der Waals surface area contributed by atoms with E-state index in [0.717, 1.165) is 0 Å². The zero-order chi connectivity index (χ0) is 20.9. The molecule has 1 aromatic rings. The van der Waals surface area contributed by atoms with Crippen LogP contribution in [0, 0.1) is 5.92 Å². The van der Waals surface area contributed by atoms with Crippen molar-refractivity contribution in [1.82, 2.24) is 14.9 Å². The molecule has 28 heavy (non-hydrogen) atoms. The molecule has 0 radical (unpaired) electrons. The summed E-state index contributed by atoms with van der Waals surface area (Å²) in [6.07, 6.45) is 0.833. The summed E-state index contributed by atoms with van der Waals surface area (Å²) in [6, 6.07) is 5.62. The molecular weight excluding hydrogens is 382 g/mol. The van der Waals surface area contributed by atoms with E-state index in [9.17, 15) is 18.0 Å². The van der Waals surface area contributed by atoms with E-state index in [1.807, 2.05) is 13.8 Å². The van der Waals surface area contributed by atoms with Gasteiger partial charge in [0.15, 0.2) is 0 Å². The summed E-state index contributed by atoms with van der Waals surface area (Å²) in [6.45, 7) is 5.87. The summed E-state index contributed by atoms with van der Waals surface area (Å²) in [5.41, 5.74) is 0. The van der Waals surface area contributed by atoms with E-state index in [4.69, 9.17) is 4.74 Å². The molecule has 1 aliphatic rings. The highest BCUT2D eigenvalue weighted by Crippen LogP contribution is 2.25. The van der Waals surface area contributed by atoms with Crippen LogP contribution in [0.5, 0.6) is 5.75 Å². The van der Waals surface area contributed by atoms with Gasteiger partial charge in [-0.3, -0.25) is 9.59 Å². The Morgan fingerprint density at radius 2 is 1.64 bits per heavy atom. The predicted molar refractivity (Wildman–Crippen MR) is 105 cm³/mol. The van der Waals surface area contributed by atoms with Crippen molar-refractivity contribution in [3.05, 3.63) is 24.3 Å². The molecule has 1 heterocycles. The number of sulfonamides is 1. The molecule has 1 saturated heterocycles. The van der Waals surface area contributed by atoms with Gasteiger partial charge in [0.25, 0.3) is 0 Å². The SMILES string of the molecule is COc1ccc(S(=O)(=O)N2CCC(C(=O)N[C@H](C)C(=O)NC(C)C)CC2)cc1. The molecule has 8 nitrogen and oxygen atoms in total. The Hall–Kier alpha value is -2.13. The zero-order valence-electron chi connectivity index (χ0n) is 16.8. The number of methoxy groups -OCH3 is 1. The maximum atomic E-state index is 12.8. The molecule has 156 valence electrons. The molecule has 1 aliphatic heterocycles. The number of hydrogen-bond donors (Lipinski definition) is 2. The monoisotopic (exact) mass is 411 g/mol. The minimum Gasteiger partial charge on any atom is -0.497 e. The van der Waals surface area contributed by atoms with E-state index in [2.05, 4.69) is 10.6 Å². The number of piperidine rings is 1. The Kier molecular flexibility index (Phi) is 7.42. The lowest BCUT2D eigenvalue weighted by atomic mass is 9.97. The molecule has 2 rings (SSSR count). The average molecular weight is 412 g/mol. The van der Waals surface area contributed by atoms with Gasteiger partial charge >= 0.3 is 0 Å². The zero-order valence-corrected chi connectivity index (χ0v) is 17.6. The van der Waals surface area contributed by atoms with Gasteiger partial charge in [-0.15, -0.1) is 0 Å². The molecule has 1 aromatic carbocycles. The van der Waals surface area contributed by atoms with Gasteiger partial charge in [0, 0.05) is 25.0 Å². The van der Waals surface area contributed by atoms with E-state index in [-0.39, 0.29) is 41.8 Å². The Labute approximate surface area is 166 Å². The molecule has 1 fully saturated rings. The summed E-state index contributed by atoms with van der Waals surface area (Å²) in [5.74, 6) is -0.169. The van der Waals surface area contributed by atoms with Gasteiger partial charge < -0.3 is 15.4 Å². The van der Waals surface area contributed by atoms with E-state index in [1.165, 1.54) is 23.5 Å². The van der Waals surface area contributed by atoms with Crippen molar-refractivity contribution in [2.45, 2.75) is 50.6 Å². The molecule has 0 aliphatic carbocycles. The standard InChI is InChI=1S/C19H29N3O5S/c1-13(2)20-18(23)14(3)21-19(24)15-9-11-22(12-10-15)28(25,26)17-7-5-16(27-4)6-8-17/h5-8,13-15H,9-12H2,1-4H3,(H,20,23)(H,21,24)/t14-/m1/s1. The minimum absolute atomic E-state index is 0.00162. The first-order valence-corrected chi connectivity index (χ1v) is 10.8. The fourth-order valence-corrected chi connectivity index (χ4v) is 4.53. The van der Waals surface area contributed by atoms with Crippen molar-refractivity contribution in [1.29, 1.82) is 0 Å². The van der Waals surface area contributed by atoms with E-state index in [0.29, 0.717) is 18.6 Å². The first kappa shape index (κ1) is 22.2. The number of amides is 2. The van der Waals surface area contributed by atoms with Crippen LogP contribution in [0.4, 0.5) is 0 Å². The highest BCUT2D eigenvalue weighted by atomic mass is 32.2. The summed E-state index contributed by atoms with van der Waals surface area (Å²) in [5, 5.41) is 5.47. The smallest absolute Gasteiger partial charge is 0.243 e. The van der Waals surface area contributed by atoms with Crippen LogP contribution in [-0.4, -0.2) is 56.8 Å². The summed E-state index contributed by atoms with van der Waals surface area (Å²) >= 11 is 0. The van der Waals surface area contributed by atoms with Gasteiger partial charge in [0.05, 0.1) is 12.0 Å². The maximum absolute atomic E-state index is 12.8. The first-order chi connectivity index (χ1) is 13.1. The topological polar surface area (TPSA) is 105 Å². The summed E-state index contributed by atoms with van der Waals surface area (Å²) in [7, 11) is -2.08. The quantitative estimate of drug-likeness (QED) is 0.700. The van der Waals surface area contributed by atoms with Crippen molar-refractivity contribution < 1.29 is 22.7 Å². The number of carbonyl (C=O) groups excluding carboxylic acids is 2. The second-order valence-corrected chi connectivity index (χ2v) is 9.19. The van der Waals surface area contributed by atoms with Crippen LogP contribution in [-0.2, 0) is 19.6 Å². The van der Waals surface area contributed by atoms with Crippen LogP contribution < -0.4 is 15.4 Å². The minimum atomic E-state index is -3.60. The fourth-order valence-electron chi connectivity index (χ4n) is 3.06. The highest BCUT2D eigenvalue weighted by molar-refractivity contribution is 7.89. The molecule has 0 aromatic heterocycles. The molecule has 1 atom stereocenters. The normalized spacial score (nSPS) is 17.2. The Balaban J connectivity index is 1.92. The van der Waals surface area contributed by atoms with Gasteiger partial charge in [-0.1, -0.05) is 0 Å².